The molecule has 0 aromatic carbocycles. The van der Waals surface area contributed by atoms with Gasteiger partial charge < -0.3 is 5.11 Å². The van der Waals surface area contributed by atoms with E-state index in [4.69, 9.17) is 5.11 Å². The van der Waals surface area contributed by atoms with Gasteiger partial charge in [-0.25, -0.2) is 0 Å². The second-order valence-corrected chi connectivity index (χ2v) is 3.39. The van der Waals surface area contributed by atoms with Gasteiger partial charge in [-0.1, -0.05) is 38.7 Å². The summed E-state index contributed by atoms with van der Waals surface area (Å²) in [6.07, 6.45) is 7.62. The van der Waals surface area contributed by atoms with Gasteiger partial charge in [-0.15, -0.1) is 6.58 Å². The third-order valence-electron chi connectivity index (χ3n) is 1.62. The molecule has 0 aliphatic carbocycles. The van der Waals surface area contributed by atoms with Crippen molar-refractivity contribution in [3.05, 3.63) is 12.7 Å². The molecule has 3 heteroatoms. The number of aliphatic carboxylic acids is 1. The van der Waals surface area contributed by atoms with Crippen LogP contribution in [0, 0.1) is 0 Å². The van der Waals surface area contributed by atoms with Crippen LogP contribution in [0.2, 0.25) is 0 Å². The van der Waals surface area contributed by atoms with Crippen LogP contribution < -0.4 is 0 Å². The summed E-state index contributed by atoms with van der Waals surface area (Å²) in [4.78, 5) is 10.0. The Hall–Kier alpha value is -0.440. The van der Waals surface area contributed by atoms with E-state index >= 15 is 0 Å². The molecule has 0 saturated carbocycles. The molecule has 0 aliphatic heterocycles. The van der Waals surface area contributed by atoms with E-state index in [2.05, 4.69) is 26.1 Å². The van der Waals surface area contributed by atoms with Gasteiger partial charge in [0, 0.05) is 12.2 Å². The Morgan fingerprint density at radius 1 is 1.36 bits per heavy atom. The standard InChI is InChI=1S/C8H16O2.C3H6S/c1-2-3-4-5-6-7-8(9)10;1-2-3-4/h2-7H2,1H3,(H,9,10);2,4H,1,3H2. The van der Waals surface area contributed by atoms with Gasteiger partial charge in [0.1, 0.15) is 0 Å². The smallest absolute Gasteiger partial charge is 0.303 e. The molecule has 2 nitrogen and oxygen atoms in total. The zero-order valence-electron chi connectivity index (χ0n) is 9.04. The summed E-state index contributed by atoms with van der Waals surface area (Å²) >= 11 is 3.80. The van der Waals surface area contributed by atoms with E-state index in [1.807, 2.05) is 0 Å². The van der Waals surface area contributed by atoms with Crippen LogP contribution in [-0.2, 0) is 4.79 Å². The lowest BCUT2D eigenvalue weighted by molar-refractivity contribution is -0.137. The van der Waals surface area contributed by atoms with Gasteiger partial charge in [-0.05, 0) is 6.42 Å². The Morgan fingerprint density at radius 3 is 2.21 bits per heavy atom. The zero-order valence-corrected chi connectivity index (χ0v) is 9.93. The van der Waals surface area contributed by atoms with Crippen LogP contribution in [0.4, 0.5) is 0 Å². The lowest BCUT2D eigenvalue weighted by Gasteiger charge is -1.95. The molecule has 0 saturated heterocycles. The molecular weight excluding hydrogens is 196 g/mol. The molecule has 0 aliphatic rings. The fourth-order valence-corrected chi connectivity index (χ4v) is 0.880. The van der Waals surface area contributed by atoms with Gasteiger partial charge in [0.2, 0.25) is 0 Å². The first-order chi connectivity index (χ1) is 6.68. The van der Waals surface area contributed by atoms with Crippen molar-refractivity contribution in [1.82, 2.24) is 0 Å². The number of hydrogen-bond donors (Lipinski definition) is 2. The maximum absolute atomic E-state index is 10.0. The maximum Gasteiger partial charge on any atom is 0.303 e. The van der Waals surface area contributed by atoms with Gasteiger partial charge in [-0.2, -0.15) is 12.6 Å². The van der Waals surface area contributed by atoms with Crippen molar-refractivity contribution < 1.29 is 9.90 Å². The Morgan fingerprint density at radius 2 is 1.86 bits per heavy atom. The highest BCUT2D eigenvalue weighted by Crippen LogP contribution is 2.04. The van der Waals surface area contributed by atoms with Crippen molar-refractivity contribution in [3.8, 4) is 0 Å². The summed E-state index contributed by atoms with van der Waals surface area (Å²) in [5.74, 6) is 0.108. The molecule has 0 rings (SSSR count). The molecule has 0 radical (unpaired) electrons. The van der Waals surface area contributed by atoms with E-state index in [9.17, 15) is 4.79 Å². The minimum Gasteiger partial charge on any atom is -0.481 e. The van der Waals surface area contributed by atoms with E-state index in [1.165, 1.54) is 19.3 Å². The van der Waals surface area contributed by atoms with Crippen molar-refractivity contribution in [1.29, 1.82) is 0 Å². The SMILES string of the molecule is C=CCS.CCCCCCCC(=O)O. The molecule has 0 bridgehead atoms. The van der Waals surface area contributed by atoms with Crippen LogP contribution in [0.3, 0.4) is 0 Å². The summed E-state index contributed by atoms with van der Waals surface area (Å²) in [7, 11) is 0. The normalized spacial score (nSPS) is 8.71. The predicted molar refractivity (Wildman–Crippen MR) is 65.1 cm³/mol. The molecule has 0 aromatic heterocycles. The summed E-state index contributed by atoms with van der Waals surface area (Å²) in [6.45, 7) is 5.55. The van der Waals surface area contributed by atoms with Crippen molar-refractivity contribution in [2.24, 2.45) is 0 Å². The molecule has 0 unspecified atom stereocenters. The number of rotatable bonds is 7. The van der Waals surface area contributed by atoms with Crippen molar-refractivity contribution in [3.63, 3.8) is 0 Å². The Bertz CT molecular complexity index is 135. The quantitative estimate of drug-likeness (QED) is 0.389. The molecular formula is C11H22O2S. The maximum atomic E-state index is 10.0. The van der Waals surface area contributed by atoms with Crippen LogP contribution in [0.25, 0.3) is 0 Å². The summed E-state index contributed by atoms with van der Waals surface area (Å²) in [5, 5.41) is 8.27. The minimum absolute atomic E-state index is 0.337. The highest BCUT2D eigenvalue weighted by Gasteiger charge is 1.94. The fraction of sp³-hybridized carbons (Fsp3) is 0.727. The molecule has 1 N–H and O–H groups in total. The molecule has 0 atom stereocenters. The third kappa shape index (κ3) is 22.6. The van der Waals surface area contributed by atoms with Gasteiger partial charge >= 0.3 is 5.97 Å². The Kier molecular flexibility index (Phi) is 17.2. The summed E-state index contributed by atoms with van der Waals surface area (Å²) in [6, 6.07) is 0. The van der Waals surface area contributed by atoms with Gasteiger partial charge in [0.05, 0.1) is 0 Å². The average molecular weight is 218 g/mol. The molecule has 0 fully saturated rings. The molecule has 0 aromatic rings. The summed E-state index contributed by atoms with van der Waals surface area (Å²) in [5.41, 5.74) is 0. The highest BCUT2D eigenvalue weighted by molar-refractivity contribution is 7.80. The molecule has 0 heterocycles. The van der Waals surface area contributed by atoms with E-state index < -0.39 is 5.97 Å². The van der Waals surface area contributed by atoms with Gasteiger partial charge in [0.25, 0.3) is 0 Å². The first-order valence-electron chi connectivity index (χ1n) is 5.12. The number of carboxylic acid groups (broad SMARTS) is 1. The van der Waals surface area contributed by atoms with Gasteiger partial charge in [0.15, 0.2) is 0 Å². The fourth-order valence-electron chi connectivity index (χ4n) is 0.880. The molecule has 14 heavy (non-hydrogen) atoms. The van der Waals surface area contributed by atoms with E-state index in [1.54, 1.807) is 6.08 Å². The Balaban J connectivity index is 0. The number of carbonyl (C=O) groups is 1. The van der Waals surface area contributed by atoms with Crippen LogP contribution in [0.15, 0.2) is 12.7 Å². The zero-order chi connectivity index (χ0) is 11.2. The monoisotopic (exact) mass is 218 g/mol. The molecule has 0 spiro atoms. The van der Waals surface area contributed by atoms with E-state index in [0.29, 0.717) is 6.42 Å². The minimum atomic E-state index is -0.670. The van der Waals surface area contributed by atoms with Crippen LogP contribution in [0.1, 0.15) is 45.4 Å². The second kappa shape index (κ2) is 15.1. The summed E-state index contributed by atoms with van der Waals surface area (Å²) < 4.78 is 0. The van der Waals surface area contributed by atoms with E-state index in [-0.39, 0.29) is 0 Å². The number of unbranched alkanes of at least 4 members (excludes halogenated alkanes) is 4. The lowest BCUT2D eigenvalue weighted by Crippen LogP contribution is -1.93. The average Bonchev–Trinajstić information content (AvgIpc) is 2.18. The molecule has 84 valence electrons. The largest absolute Gasteiger partial charge is 0.481 e. The second-order valence-electron chi connectivity index (χ2n) is 3.03. The predicted octanol–water partition coefficient (Wildman–Crippen LogP) is 3.53. The lowest BCUT2D eigenvalue weighted by atomic mass is 10.1. The van der Waals surface area contributed by atoms with Gasteiger partial charge in [-0.3, -0.25) is 4.79 Å². The van der Waals surface area contributed by atoms with E-state index in [0.717, 1.165) is 18.6 Å². The van der Waals surface area contributed by atoms with Crippen molar-refractivity contribution in [2.45, 2.75) is 45.4 Å². The highest BCUT2D eigenvalue weighted by atomic mass is 32.1. The van der Waals surface area contributed by atoms with Crippen LogP contribution in [-0.4, -0.2) is 16.8 Å². The van der Waals surface area contributed by atoms with Crippen molar-refractivity contribution in [2.75, 3.05) is 5.75 Å². The first kappa shape index (κ1) is 16.0. The number of thiol groups is 1. The molecule has 0 amide bonds. The Labute approximate surface area is 92.8 Å². The number of carboxylic acids is 1. The topological polar surface area (TPSA) is 37.3 Å². The first-order valence-corrected chi connectivity index (χ1v) is 5.75. The van der Waals surface area contributed by atoms with Crippen LogP contribution in [0.5, 0.6) is 0 Å². The third-order valence-corrected chi connectivity index (χ3v) is 1.88. The van der Waals surface area contributed by atoms with Crippen LogP contribution >= 0.6 is 12.6 Å². The van der Waals surface area contributed by atoms with Crippen molar-refractivity contribution >= 4 is 18.6 Å². The number of hydrogen-bond acceptors (Lipinski definition) is 2.